The van der Waals surface area contributed by atoms with Crippen LogP contribution in [0.5, 0.6) is 0 Å². The summed E-state index contributed by atoms with van der Waals surface area (Å²) in [5.41, 5.74) is 2.22. The number of carbonyl (C=O) groups is 1. The highest BCUT2D eigenvalue weighted by Crippen LogP contribution is 2.37. The van der Waals surface area contributed by atoms with Crippen molar-refractivity contribution in [1.29, 1.82) is 0 Å². The molecule has 0 aromatic heterocycles. The van der Waals surface area contributed by atoms with Gasteiger partial charge in [0.05, 0.1) is 24.2 Å². The number of para-hydroxylation sites is 1. The highest BCUT2D eigenvalue weighted by atomic mass is 16.5. The first-order chi connectivity index (χ1) is 10.2. The summed E-state index contributed by atoms with van der Waals surface area (Å²) in [5, 5.41) is 6.71. The van der Waals surface area contributed by atoms with Crippen LogP contribution in [-0.2, 0) is 9.53 Å². The maximum atomic E-state index is 12.7. The average molecular weight is 286 g/mol. The molecule has 2 N–H and O–H groups in total. The molecular formula is C17H22N2O2. The first kappa shape index (κ1) is 13.1. The third-order valence-electron chi connectivity index (χ3n) is 5.08. The third-order valence-corrected chi connectivity index (χ3v) is 5.08. The summed E-state index contributed by atoms with van der Waals surface area (Å²) in [7, 11) is 0. The lowest BCUT2D eigenvalue weighted by atomic mass is 9.86. The number of rotatable bonds is 2. The molecule has 0 saturated carbocycles. The molecule has 5 atom stereocenters. The van der Waals surface area contributed by atoms with Gasteiger partial charge in [-0.05, 0) is 44.2 Å². The van der Waals surface area contributed by atoms with E-state index in [1.165, 1.54) is 0 Å². The van der Waals surface area contributed by atoms with Crippen molar-refractivity contribution >= 4 is 11.6 Å². The minimum absolute atomic E-state index is 0.0448. The van der Waals surface area contributed by atoms with E-state index in [1.807, 2.05) is 12.1 Å². The molecule has 5 unspecified atom stereocenters. The normalized spacial score (nSPS) is 36.9. The standard InChI is InChI=1S/C17H22N2O2/c1-10-8-13(12-4-2-3-5-14(12)18-10)17(20)19-15-9-11-6-7-16(15)21-11/h2-5,10-11,13,15-16,18H,6-9H2,1H3,(H,19,20). The number of hydrogen-bond donors (Lipinski definition) is 2. The number of amides is 1. The Bertz CT molecular complexity index is 559. The third kappa shape index (κ3) is 2.31. The van der Waals surface area contributed by atoms with E-state index >= 15 is 0 Å². The molecule has 0 aliphatic carbocycles. The highest BCUT2D eigenvalue weighted by molar-refractivity contribution is 5.86. The lowest BCUT2D eigenvalue weighted by molar-refractivity contribution is -0.124. The molecule has 2 saturated heterocycles. The van der Waals surface area contributed by atoms with Gasteiger partial charge in [-0.1, -0.05) is 18.2 Å². The predicted molar refractivity (Wildman–Crippen MR) is 81.3 cm³/mol. The van der Waals surface area contributed by atoms with Crippen LogP contribution in [0.4, 0.5) is 5.69 Å². The van der Waals surface area contributed by atoms with Gasteiger partial charge in [0.25, 0.3) is 0 Å². The second kappa shape index (κ2) is 5.02. The van der Waals surface area contributed by atoms with Crippen LogP contribution < -0.4 is 10.6 Å². The van der Waals surface area contributed by atoms with E-state index in [2.05, 4.69) is 29.7 Å². The monoisotopic (exact) mass is 286 g/mol. The molecule has 1 aromatic rings. The highest BCUT2D eigenvalue weighted by Gasteiger charge is 2.42. The Balaban J connectivity index is 1.52. The van der Waals surface area contributed by atoms with Gasteiger partial charge < -0.3 is 15.4 Å². The number of fused-ring (bicyclic) bond motifs is 3. The Labute approximate surface area is 125 Å². The molecule has 0 spiro atoms. The van der Waals surface area contributed by atoms with Crippen molar-refractivity contribution in [2.75, 3.05) is 5.32 Å². The summed E-state index contributed by atoms with van der Waals surface area (Å²) < 4.78 is 5.84. The number of ether oxygens (including phenoxy) is 1. The number of nitrogens with one attached hydrogen (secondary N) is 2. The van der Waals surface area contributed by atoms with Crippen LogP contribution in [0.3, 0.4) is 0 Å². The summed E-state index contributed by atoms with van der Waals surface area (Å²) in [6, 6.07) is 8.70. The molecule has 1 aromatic carbocycles. The maximum Gasteiger partial charge on any atom is 0.228 e. The van der Waals surface area contributed by atoms with Gasteiger partial charge in [0.15, 0.2) is 0 Å². The van der Waals surface area contributed by atoms with Crippen LogP contribution >= 0.6 is 0 Å². The molecule has 2 bridgehead atoms. The average Bonchev–Trinajstić information content (AvgIpc) is 3.08. The van der Waals surface area contributed by atoms with Crippen molar-refractivity contribution in [1.82, 2.24) is 5.32 Å². The molecule has 0 radical (unpaired) electrons. The van der Waals surface area contributed by atoms with E-state index < -0.39 is 0 Å². The fourth-order valence-electron chi connectivity index (χ4n) is 4.06. The van der Waals surface area contributed by atoms with Gasteiger partial charge >= 0.3 is 0 Å². The topological polar surface area (TPSA) is 50.4 Å². The van der Waals surface area contributed by atoms with Gasteiger partial charge in [-0.15, -0.1) is 0 Å². The number of benzene rings is 1. The summed E-state index contributed by atoms with van der Waals surface area (Å²) in [6.45, 7) is 2.14. The second-order valence-corrected chi connectivity index (χ2v) is 6.65. The fraction of sp³-hybridized carbons (Fsp3) is 0.588. The Hall–Kier alpha value is -1.55. The maximum absolute atomic E-state index is 12.7. The van der Waals surface area contributed by atoms with Crippen LogP contribution in [-0.4, -0.2) is 30.2 Å². The Morgan fingerprint density at radius 3 is 2.90 bits per heavy atom. The van der Waals surface area contributed by atoms with E-state index in [-0.39, 0.29) is 24.0 Å². The zero-order valence-electron chi connectivity index (χ0n) is 12.3. The quantitative estimate of drug-likeness (QED) is 0.878. The van der Waals surface area contributed by atoms with Gasteiger partial charge in [0.1, 0.15) is 0 Å². The number of hydrogen-bond acceptors (Lipinski definition) is 3. The molecule has 2 fully saturated rings. The zero-order chi connectivity index (χ0) is 14.4. The van der Waals surface area contributed by atoms with Crippen LogP contribution in [0.25, 0.3) is 0 Å². The van der Waals surface area contributed by atoms with Crippen molar-refractivity contribution in [2.45, 2.75) is 62.8 Å². The van der Waals surface area contributed by atoms with Gasteiger partial charge in [0, 0.05) is 11.7 Å². The minimum Gasteiger partial charge on any atom is -0.382 e. The minimum atomic E-state index is -0.0448. The number of anilines is 1. The molecule has 21 heavy (non-hydrogen) atoms. The zero-order valence-corrected chi connectivity index (χ0v) is 12.3. The SMILES string of the molecule is CC1CC(C(=O)NC2CC3CCC2O3)c2ccccc2N1. The Morgan fingerprint density at radius 2 is 2.14 bits per heavy atom. The van der Waals surface area contributed by atoms with Crippen molar-refractivity contribution < 1.29 is 9.53 Å². The van der Waals surface area contributed by atoms with Gasteiger partial charge in [0.2, 0.25) is 5.91 Å². The molecule has 3 heterocycles. The van der Waals surface area contributed by atoms with Crippen LogP contribution in [0.2, 0.25) is 0 Å². The van der Waals surface area contributed by atoms with Crippen LogP contribution in [0.1, 0.15) is 44.1 Å². The summed E-state index contributed by atoms with van der Waals surface area (Å²) in [5.74, 6) is 0.119. The van der Waals surface area contributed by atoms with E-state index in [9.17, 15) is 4.79 Å². The second-order valence-electron chi connectivity index (χ2n) is 6.65. The van der Waals surface area contributed by atoms with Crippen molar-refractivity contribution in [3.63, 3.8) is 0 Å². The Morgan fingerprint density at radius 1 is 1.29 bits per heavy atom. The van der Waals surface area contributed by atoms with Crippen molar-refractivity contribution in [3.05, 3.63) is 29.8 Å². The lowest BCUT2D eigenvalue weighted by Gasteiger charge is -2.32. The first-order valence-corrected chi connectivity index (χ1v) is 8.02. The molecule has 112 valence electrons. The molecule has 4 rings (SSSR count). The van der Waals surface area contributed by atoms with E-state index in [0.29, 0.717) is 12.1 Å². The largest absolute Gasteiger partial charge is 0.382 e. The summed E-state index contributed by atoms with van der Waals surface area (Å²) in [4.78, 5) is 12.7. The van der Waals surface area contributed by atoms with Crippen LogP contribution in [0.15, 0.2) is 24.3 Å². The molecule has 1 amide bonds. The molecule has 4 heteroatoms. The van der Waals surface area contributed by atoms with Crippen molar-refractivity contribution in [3.8, 4) is 0 Å². The van der Waals surface area contributed by atoms with E-state index in [1.54, 1.807) is 0 Å². The predicted octanol–water partition coefficient (Wildman–Crippen LogP) is 2.41. The molecule has 3 aliphatic rings. The van der Waals surface area contributed by atoms with Gasteiger partial charge in [-0.3, -0.25) is 4.79 Å². The first-order valence-electron chi connectivity index (χ1n) is 8.02. The Kier molecular flexibility index (Phi) is 3.14. The van der Waals surface area contributed by atoms with E-state index in [0.717, 1.165) is 36.9 Å². The van der Waals surface area contributed by atoms with Crippen LogP contribution in [0, 0.1) is 0 Å². The number of carbonyl (C=O) groups excluding carboxylic acids is 1. The molecule has 3 aliphatic heterocycles. The molecule has 4 nitrogen and oxygen atoms in total. The lowest BCUT2D eigenvalue weighted by Crippen LogP contribution is -2.45. The summed E-state index contributed by atoms with van der Waals surface area (Å²) >= 11 is 0. The summed E-state index contributed by atoms with van der Waals surface area (Å²) in [6.07, 6.45) is 4.70. The van der Waals surface area contributed by atoms with E-state index in [4.69, 9.17) is 4.74 Å². The fourth-order valence-corrected chi connectivity index (χ4v) is 4.06. The molecular weight excluding hydrogens is 264 g/mol. The van der Waals surface area contributed by atoms with Gasteiger partial charge in [-0.2, -0.15) is 0 Å². The smallest absolute Gasteiger partial charge is 0.228 e. The van der Waals surface area contributed by atoms with Gasteiger partial charge in [-0.25, -0.2) is 0 Å². The van der Waals surface area contributed by atoms with Crippen molar-refractivity contribution in [2.24, 2.45) is 0 Å².